The number of halogens is 1. The average Bonchev–Trinajstić information content (AvgIpc) is 3.15. The van der Waals surface area contributed by atoms with E-state index in [2.05, 4.69) is 4.98 Å². The van der Waals surface area contributed by atoms with Crippen molar-refractivity contribution < 1.29 is 18.7 Å². The number of hydrogen-bond donors (Lipinski definition) is 0. The van der Waals surface area contributed by atoms with E-state index < -0.39 is 5.82 Å². The zero-order valence-corrected chi connectivity index (χ0v) is 17.4. The second-order valence-corrected chi connectivity index (χ2v) is 7.65. The van der Waals surface area contributed by atoms with Crippen molar-refractivity contribution in [1.82, 2.24) is 4.98 Å². The van der Waals surface area contributed by atoms with Crippen molar-refractivity contribution in [3.8, 4) is 11.5 Å². The van der Waals surface area contributed by atoms with E-state index in [9.17, 15) is 9.18 Å². The number of hydrogen-bond acceptors (Lipinski definition) is 5. The minimum atomic E-state index is -0.412. The van der Waals surface area contributed by atoms with E-state index in [4.69, 9.17) is 9.47 Å². The molecule has 1 aromatic heterocycles. The van der Waals surface area contributed by atoms with Gasteiger partial charge in [0.15, 0.2) is 11.6 Å². The Balaban J connectivity index is 1.60. The summed E-state index contributed by atoms with van der Waals surface area (Å²) in [7, 11) is 0. The Morgan fingerprint density at radius 3 is 2.76 bits per heavy atom. The van der Waals surface area contributed by atoms with Gasteiger partial charge in [0.1, 0.15) is 17.6 Å². The highest BCUT2D eigenvalue weighted by molar-refractivity contribution is 5.76. The number of ketones is 1. The molecule has 1 fully saturated rings. The summed E-state index contributed by atoms with van der Waals surface area (Å²) in [5.74, 6) is 1.32. The molecule has 3 rings (SSSR count). The van der Waals surface area contributed by atoms with Crippen LogP contribution in [0.5, 0.6) is 11.5 Å². The number of carbonyl (C=O) groups is 1. The van der Waals surface area contributed by atoms with E-state index in [-0.39, 0.29) is 23.6 Å². The van der Waals surface area contributed by atoms with E-state index >= 15 is 0 Å². The van der Waals surface area contributed by atoms with Crippen molar-refractivity contribution in [2.75, 3.05) is 24.6 Å². The first kappa shape index (κ1) is 21.1. The molecule has 2 aromatic rings. The summed E-state index contributed by atoms with van der Waals surface area (Å²) in [6.07, 6.45) is 3.71. The third-order valence-corrected chi connectivity index (χ3v) is 5.09. The van der Waals surface area contributed by atoms with Crippen molar-refractivity contribution in [2.24, 2.45) is 0 Å². The molecule has 0 spiro atoms. The third kappa shape index (κ3) is 5.46. The molecule has 0 bridgehead atoms. The maximum atomic E-state index is 14.7. The summed E-state index contributed by atoms with van der Waals surface area (Å²) in [4.78, 5) is 17.4. The molecule has 0 N–H and O–H groups in total. The second kappa shape index (κ2) is 9.72. The van der Waals surface area contributed by atoms with Crippen LogP contribution in [0.15, 0.2) is 36.5 Å². The van der Waals surface area contributed by atoms with Gasteiger partial charge in [-0.1, -0.05) is 26.0 Å². The fraction of sp³-hybridized carbons (Fsp3) is 0.478. The molecule has 1 aliphatic heterocycles. The standard InChI is InChI=1S/C23H29FN2O3/c1-4-13-28-21-9-11-25-23(22(21)24)26-12-10-20(15-26)29-19-7-5-18(6-8-19)16(2)14-17(3)27/h5-9,11,16,20H,4,10,12-15H2,1-3H3/t16-,20-/m1/s1. The fourth-order valence-corrected chi connectivity index (χ4v) is 3.59. The van der Waals surface area contributed by atoms with Gasteiger partial charge in [-0.05, 0) is 37.0 Å². The first-order chi connectivity index (χ1) is 14.0. The van der Waals surface area contributed by atoms with Gasteiger partial charge >= 0.3 is 0 Å². The normalized spacial score (nSPS) is 17.2. The summed E-state index contributed by atoms with van der Waals surface area (Å²) in [5, 5.41) is 0. The second-order valence-electron chi connectivity index (χ2n) is 7.65. The molecule has 29 heavy (non-hydrogen) atoms. The number of Topliss-reactive ketones (excluding diaryl/α,β-unsaturated/α-hetero) is 1. The topological polar surface area (TPSA) is 51.7 Å². The molecule has 1 saturated heterocycles. The van der Waals surface area contributed by atoms with Gasteiger partial charge in [-0.25, -0.2) is 4.98 Å². The smallest absolute Gasteiger partial charge is 0.207 e. The Morgan fingerprint density at radius 2 is 2.07 bits per heavy atom. The summed E-state index contributed by atoms with van der Waals surface area (Å²) in [6, 6.07) is 9.45. The van der Waals surface area contributed by atoms with Crippen molar-refractivity contribution in [3.05, 3.63) is 47.9 Å². The molecule has 0 aliphatic carbocycles. The number of carbonyl (C=O) groups excluding carboxylic acids is 1. The molecule has 156 valence electrons. The lowest BCUT2D eigenvalue weighted by atomic mass is 9.96. The predicted molar refractivity (Wildman–Crippen MR) is 111 cm³/mol. The zero-order chi connectivity index (χ0) is 20.8. The minimum absolute atomic E-state index is 0.0306. The first-order valence-corrected chi connectivity index (χ1v) is 10.3. The van der Waals surface area contributed by atoms with Crippen molar-refractivity contribution in [2.45, 2.75) is 52.1 Å². The van der Waals surface area contributed by atoms with E-state index in [1.54, 1.807) is 19.2 Å². The van der Waals surface area contributed by atoms with Gasteiger partial charge in [-0.15, -0.1) is 0 Å². The Labute approximate surface area is 171 Å². The van der Waals surface area contributed by atoms with E-state index in [0.29, 0.717) is 31.9 Å². The summed E-state index contributed by atoms with van der Waals surface area (Å²) in [5.41, 5.74) is 1.12. The molecule has 0 unspecified atom stereocenters. The third-order valence-electron chi connectivity index (χ3n) is 5.09. The fourth-order valence-electron chi connectivity index (χ4n) is 3.59. The summed E-state index contributed by atoms with van der Waals surface area (Å²) >= 11 is 0. The largest absolute Gasteiger partial charge is 0.490 e. The molecule has 6 heteroatoms. The molecule has 0 saturated carbocycles. The number of anilines is 1. The molecule has 0 amide bonds. The van der Waals surface area contributed by atoms with Crippen LogP contribution in [0.1, 0.15) is 51.5 Å². The maximum Gasteiger partial charge on any atom is 0.207 e. The molecule has 2 atom stereocenters. The highest BCUT2D eigenvalue weighted by Gasteiger charge is 2.28. The predicted octanol–water partition coefficient (Wildman–Crippen LogP) is 4.75. The van der Waals surface area contributed by atoms with Crippen LogP contribution in [0.3, 0.4) is 0 Å². The molecule has 1 aromatic carbocycles. The van der Waals surface area contributed by atoms with Crippen LogP contribution in [0, 0.1) is 5.82 Å². The summed E-state index contributed by atoms with van der Waals surface area (Å²) in [6.45, 7) is 7.38. The number of benzene rings is 1. The van der Waals surface area contributed by atoms with Gasteiger partial charge in [0, 0.05) is 31.6 Å². The highest BCUT2D eigenvalue weighted by Crippen LogP contribution is 2.29. The van der Waals surface area contributed by atoms with Crippen molar-refractivity contribution in [1.29, 1.82) is 0 Å². The lowest BCUT2D eigenvalue weighted by Gasteiger charge is -2.20. The van der Waals surface area contributed by atoms with Crippen LogP contribution >= 0.6 is 0 Å². The molecule has 1 aliphatic rings. The van der Waals surface area contributed by atoms with Gasteiger partial charge in [0.05, 0.1) is 13.2 Å². The van der Waals surface area contributed by atoms with Crippen LogP contribution in [0.4, 0.5) is 10.2 Å². The Bertz CT molecular complexity index is 825. The van der Waals surface area contributed by atoms with Crippen LogP contribution in [-0.2, 0) is 4.79 Å². The van der Waals surface area contributed by atoms with Crippen molar-refractivity contribution >= 4 is 11.6 Å². The average molecular weight is 400 g/mol. The number of pyridine rings is 1. The number of nitrogens with zero attached hydrogens (tertiary/aromatic N) is 2. The SMILES string of the molecule is CCCOc1ccnc(N2CC[C@@H](Oc3ccc([C@H](C)CC(C)=O)cc3)C2)c1F. The summed E-state index contributed by atoms with van der Waals surface area (Å²) < 4.78 is 26.3. The minimum Gasteiger partial charge on any atom is -0.490 e. The quantitative estimate of drug-likeness (QED) is 0.608. The Morgan fingerprint density at radius 1 is 1.31 bits per heavy atom. The van der Waals surface area contributed by atoms with Gasteiger partial charge in [0.2, 0.25) is 5.82 Å². The van der Waals surface area contributed by atoms with Gasteiger partial charge in [0.25, 0.3) is 0 Å². The van der Waals surface area contributed by atoms with Gasteiger partial charge < -0.3 is 19.2 Å². The number of rotatable bonds is 9. The Kier molecular flexibility index (Phi) is 7.07. The Hall–Kier alpha value is -2.63. The molecule has 2 heterocycles. The zero-order valence-electron chi connectivity index (χ0n) is 17.4. The molecule has 5 nitrogen and oxygen atoms in total. The monoisotopic (exact) mass is 400 g/mol. The van der Waals surface area contributed by atoms with Gasteiger partial charge in [-0.2, -0.15) is 4.39 Å². The number of aromatic nitrogens is 1. The first-order valence-electron chi connectivity index (χ1n) is 10.3. The van der Waals surface area contributed by atoms with Crippen molar-refractivity contribution in [3.63, 3.8) is 0 Å². The van der Waals surface area contributed by atoms with Gasteiger partial charge in [-0.3, -0.25) is 0 Å². The molecular formula is C23H29FN2O3. The van der Waals surface area contributed by atoms with E-state index in [1.165, 1.54) is 0 Å². The number of ether oxygens (including phenoxy) is 2. The van der Waals surface area contributed by atoms with Crippen LogP contribution in [-0.4, -0.2) is 36.6 Å². The highest BCUT2D eigenvalue weighted by atomic mass is 19.1. The van der Waals surface area contributed by atoms with Crippen LogP contribution in [0.25, 0.3) is 0 Å². The van der Waals surface area contributed by atoms with E-state index in [1.807, 2.05) is 43.0 Å². The lowest BCUT2D eigenvalue weighted by molar-refractivity contribution is -0.117. The lowest BCUT2D eigenvalue weighted by Crippen LogP contribution is -2.26. The van der Waals surface area contributed by atoms with Crippen LogP contribution < -0.4 is 14.4 Å². The molecular weight excluding hydrogens is 371 g/mol. The van der Waals surface area contributed by atoms with Crippen LogP contribution in [0.2, 0.25) is 0 Å². The maximum absolute atomic E-state index is 14.7. The molecule has 0 radical (unpaired) electrons. The van der Waals surface area contributed by atoms with E-state index in [0.717, 1.165) is 24.2 Å².